The Morgan fingerprint density at radius 1 is 0.971 bits per heavy atom. The van der Waals surface area contributed by atoms with Crippen LogP contribution in [0.15, 0.2) is 77.7 Å². The van der Waals surface area contributed by atoms with Gasteiger partial charge in [-0.25, -0.2) is 8.42 Å². The van der Waals surface area contributed by atoms with Gasteiger partial charge in [-0.05, 0) is 85.2 Å². The van der Waals surface area contributed by atoms with Crippen LogP contribution < -0.4 is 9.62 Å². The van der Waals surface area contributed by atoms with Gasteiger partial charge in [0.15, 0.2) is 0 Å². The molecule has 0 saturated heterocycles. The van der Waals surface area contributed by atoms with E-state index in [9.17, 15) is 13.2 Å². The summed E-state index contributed by atoms with van der Waals surface area (Å²) in [4.78, 5) is 13.3. The summed E-state index contributed by atoms with van der Waals surface area (Å²) in [5.74, 6) is -0.362. The molecule has 0 radical (unpaired) electrons. The van der Waals surface area contributed by atoms with Crippen LogP contribution in [0.25, 0.3) is 0 Å². The molecule has 0 heterocycles. The van der Waals surface area contributed by atoms with Crippen LogP contribution in [0.3, 0.4) is 0 Å². The molecule has 4 rings (SSSR count). The van der Waals surface area contributed by atoms with E-state index in [0.29, 0.717) is 17.1 Å². The van der Waals surface area contributed by atoms with Crippen molar-refractivity contribution in [2.24, 2.45) is 0 Å². The summed E-state index contributed by atoms with van der Waals surface area (Å²) in [6.07, 6.45) is 5.28. The quantitative estimate of drug-likeness (QED) is 0.436. The number of sulfonamides is 1. The van der Waals surface area contributed by atoms with Crippen LogP contribution in [-0.2, 0) is 27.7 Å². The number of carbonyl (C=O) groups is 1. The number of aryl methyl sites for hydroxylation is 2. The molecule has 0 spiro atoms. The minimum Gasteiger partial charge on any atom is -0.348 e. The monoisotopic (exact) mass is 496 g/mol. The summed E-state index contributed by atoms with van der Waals surface area (Å²) in [5.41, 5.74) is 4.18. The summed E-state index contributed by atoms with van der Waals surface area (Å²) >= 11 is 6.01. The number of fused-ring (bicyclic) bond motifs is 1. The summed E-state index contributed by atoms with van der Waals surface area (Å²) in [6, 6.07) is 20.8. The number of nitrogens with one attached hydrogen (secondary N) is 1. The van der Waals surface area contributed by atoms with Gasteiger partial charge < -0.3 is 5.32 Å². The predicted octanol–water partition coefficient (Wildman–Crippen LogP) is 5.68. The van der Waals surface area contributed by atoms with Gasteiger partial charge >= 0.3 is 0 Å². The molecule has 3 aromatic carbocycles. The van der Waals surface area contributed by atoms with Crippen molar-refractivity contribution in [2.45, 2.75) is 50.0 Å². The smallest absolute Gasteiger partial charge is 0.264 e. The zero-order chi connectivity index (χ0) is 24.1. The van der Waals surface area contributed by atoms with Crippen molar-refractivity contribution >= 4 is 33.2 Å². The van der Waals surface area contributed by atoms with Gasteiger partial charge in [0.25, 0.3) is 10.0 Å². The summed E-state index contributed by atoms with van der Waals surface area (Å²) in [6.45, 7) is 1.68. The second kappa shape index (κ2) is 10.6. The van der Waals surface area contributed by atoms with Crippen LogP contribution in [0.5, 0.6) is 0 Å². The second-order valence-corrected chi connectivity index (χ2v) is 10.9. The first-order valence-corrected chi connectivity index (χ1v) is 13.4. The molecule has 1 atom stereocenters. The first-order valence-electron chi connectivity index (χ1n) is 11.6. The highest BCUT2D eigenvalue weighted by atomic mass is 35.5. The number of nitrogens with zero attached hydrogens (tertiary/aromatic N) is 1. The summed E-state index contributed by atoms with van der Waals surface area (Å²) < 4.78 is 28.0. The highest BCUT2D eigenvalue weighted by molar-refractivity contribution is 7.92. The van der Waals surface area contributed by atoms with Crippen molar-refractivity contribution in [3.8, 4) is 0 Å². The number of halogens is 1. The van der Waals surface area contributed by atoms with Crippen molar-refractivity contribution in [1.82, 2.24) is 5.32 Å². The fraction of sp³-hybridized carbons (Fsp3) is 0.296. The summed E-state index contributed by atoms with van der Waals surface area (Å²) in [5, 5.41) is 3.54. The zero-order valence-corrected chi connectivity index (χ0v) is 20.8. The molecule has 5 nitrogen and oxygen atoms in total. The molecule has 178 valence electrons. The molecule has 1 N–H and O–H groups in total. The van der Waals surface area contributed by atoms with E-state index in [1.807, 2.05) is 6.92 Å². The number of rotatable bonds is 8. The molecule has 7 heteroatoms. The fourth-order valence-electron chi connectivity index (χ4n) is 4.40. The number of hydrogen-bond donors (Lipinski definition) is 1. The molecular formula is C27H29ClN2O3S. The lowest BCUT2D eigenvalue weighted by Gasteiger charge is -2.26. The first kappa shape index (κ1) is 24.3. The Bertz CT molecular complexity index is 1240. The molecule has 1 unspecified atom stereocenters. The average molecular weight is 497 g/mol. The van der Waals surface area contributed by atoms with Crippen molar-refractivity contribution in [3.63, 3.8) is 0 Å². The van der Waals surface area contributed by atoms with Gasteiger partial charge in [0.1, 0.15) is 6.54 Å². The molecule has 3 aromatic rings. The Morgan fingerprint density at radius 2 is 1.65 bits per heavy atom. The topological polar surface area (TPSA) is 66.5 Å². The van der Waals surface area contributed by atoms with E-state index in [4.69, 9.17) is 11.6 Å². The van der Waals surface area contributed by atoms with E-state index in [1.54, 1.807) is 42.5 Å². The van der Waals surface area contributed by atoms with Gasteiger partial charge in [-0.2, -0.15) is 0 Å². The normalized spacial score (nSPS) is 14.2. The highest BCUT2D eigenvalue weighted by Gasteiger charge is 2.28. The number of anilines is 1. The van der Waals surface area contributed by atoms with Gasteiger partial charge in [0.2, 0.25) is 5.91 Å². The minimum absolute atomic E-state index is 0.125. The number of carbonyl (C=O) groups excluding carboxylic acids is 1. The lowest BCUT2D eigenvalue weighted by Crippen LogP contribution is -2.42. The van der Waals surface area contributed by atoms with Gasteiger partial charge in [-0.3, -0.25) is 9.10 Å². The lowest BCUT2D eigenvalue weighted by molar-refractivity contribution is -0.120. The van der Waals surface area contributed by atoms with E-state index in [2.05, 4.69) is 23.5 Å². The first-order chi connectivity index (χ1) is 16.4. The Balaban J connectivity index is 1.58. The number of amides is 1. The van der Waals surface area contributed by atoms with Crippen molar-refractivity contribution < 1.29 is 13.2 Å². The second-order valence-electron chi connectivity index (χ2n) is 8.56. The van der Waals surface area contributed by atoms with E-state index >= 15 is 0 Å². The molecule has 0 fully saturated rings. The Kier molecular flexibility index (Phi) is 7.59. The van der Waals surface area contributed by atoms with Gasteiger partial charge in [0, 0.05) is 5.02 Å². The third-order valence-electron chi connectivity index (χ3n) is 6.25. The maximum atomic E-state index is 13.5. The summed E-state index contributed by atoms with van der Waals surface area (Å²) in [7, 11) is -3.95. The van der Waals surface area contributed by atoms with E-state index in [1.165, 1.54) is 36.1 Å². The van der Waals surface area contributed by atoms with Crippen LogP contribution in [0.1, 0.15) is 48.9 Å². The standard InChI is InChI=1S/C27H29ClN2O3S/c1-2-26(22-13-12-20-8-6-7-9-21(20)18-22)29-27(31)19-30(24-16-14-23(28)15-17-24)34(32,33)25-10-4-3-5-11-25/h3-5,10-18,26H,2,6-9,19H2,1H3,(H,29,31). The van der Waals surface area contributed by atoms with E-state index in [0.717, 1.165) is 22.7 Å². The molecule has 0 aromatic heterocycles. The Hall–Kier alpha value is -2.83. The third kappa shape index (κ3) is 5.45. The molecule has 1 amide bonds. The van der Waals surface area contributed by atoms with Gasteiger partial charge in [-0.1, -0.05) is 54.9 Å². The molecule has 0 aliphatic heterocycles. The number of benzene rings is 3. The van der Waals surface area contributed by atoms with Crippen molar-refractivity contribution in [3.05, 3.63) is 94.5 Å². The SMILES string of the molecule is CCC(NC(=O)CN(c1ccc(Cl)cc1)S(=O)(=O)c1ccccc1)c1ccc2c(c1)CCCC2. The van der Waals surface area contributed by atoms with Crippen molar-refractivity contribution in [1.29, 1.82) is 0 Å². The fourth-order valence-corrected chi connectivity index (χ4v) is 5.97. The molecular weight excluding hydrogens is 468 g/mol. The van der Waals surface area contributed by atoms with Crippen LogP contribution in [0, 0.1) is 0 Å². The maximum absolute atomic E-state index is 13.5. The van der Waals surface area contributed by atoms with Crippen LogP contribution in [0.4, 0.5) is 5.69 Å². The average Bonchev–Trinajstić information content (AvgIpc) is 2.86. The van der Waals surface area contributed by atoms with Gasteiger partial charge in [-0.15, -0.1) is 0 Å². The molecule has 0 bridgehead atoms. The maximum Gasteiger partial charge on any atom is 0.264 e. The molecule has 1 aliphatic rings. The van der Waals surface area contributed by atoms with Crippen LogP contribution in [-0.4, -0.2) is 20.9 Å². The zero-order valence-electron chi connectivity index (χ0n) is 19.2. The minimum atomic E-state index is -3.95. The van der Waals surface area contributed by atoms with E-state index < -0.39 is 10.0 Å². The molecule has 1 aliphatic carbocycles. The number of hydrogen-bond acceptors (Lipinski definition) is 3. The highest BCUT2D eigenvalue weighted by Crippen LogP contribution is 2.27. The third-order valence-corrected chi connectivity index (χ3v) is 8.29. The largest absolute Gasteiger partial charge is 0.348 e. The molecule has 0 saturated carbocycles. The van der Waals surface area contributed by atoms with E-state index in [-0.39, 0.29) is 23.4 Å². The van der Waals surface area contributed by atoms with Crippen LogP contribution >= 0.6 is 11.6 Å². The molecule has 34 heavy (non-hydrogen) atoms. The van der Waals surface area contributed by atoms with Gasteiger partial charge in [0.05, 0.1) is 16.6 Å². The van der Waals surface area contributed by atoms with Crippen LogP contribution in [0.2, 0.25) is 5.02 Å². The Labute approximate surface area is 206 Å². The Morgan fingerprint density at radius 3 is 2.32 bits per heavy atom. The lowest BCUT2D eigenvalue weighted by atomic mass is 9.89. The predicted molar refractivity (Wildman–Crippen MR) is 137 cm³/mol. The van der Waals surface area contributed by atoms with Crippen molar-refractivity contribution in [2.75, 3.05) is 10.8 Å².